The van der Waals surface area contributed by atoms with Crippen LogP contribution in [0.2, 0.25) is 0 Å². The molecule has 2 N–H and O–H groups in total. The minimum atomic E-state index is -0.142. The van der Waals surface area contributed by atoms with Crippen LogP contribution in [0.3, 0.4) is 0 Å². The van der Waals surface area contributed by atoms with Gasteiger partial charge >= 0.3 is 0 Å². The van der Waals surface area contributed by atoms with Gasteiger partial charge in [-0.05, 0) is 44.1 Å². The number of H-pyrrole nitrogens is 1. The number of pyridine rings is 1. The molecule has 0 spiro atoms. The third-order valence-electron chi connectivity index (χ3n) is 4.85. The normalized spacial score (nSPS) is 16.2. The Morgan fingerprint density at radius 2 is 2.07 bits per heavy atom. The number of benzene rings is 1. The standard InChI is InChI=1S/C20H27N3O4S/c1-4-21-20(28)23(12-15-6-5-7-27-15)11-14-8-13-9-17(25-2)18(26-3)10-16(13)22-19(14)24/h8-10,15H,4-7,11-12H2,1-3H3,(H,21,28)(H,22,24)/t15-/m0/s1. The highest BCUT2D eigenvalue weighted by molar-refractivity contribution is 7.80. The molecule has 7 nitrogen and oxygen atoms in total. The molecule has 28 heavy (non-hydrogen) atoms. The van der Waals surface area contributed by atoms with Gasteiger partial charge in [-0.15, -0.1) is 0 Å². The number of aromatic nitrogens is 1. The third-order valence-corrected chi connectivity index (χ3v) is 5.25. The summed E-state index contributed by atoms with van der Waals surface area (Å²) in [6.07, 6.45) is 2.21. The van der Waals surface area contributed by atoms with Gasteiger partial charge in [-0.3, -0.25) is 4.79 Å². The largest absolute Gasteiger partial charge is 0.493 e. The number of thiocarbonyl (C=S) groups is 1. The van der Waals surface area contributed by atoms with E-state index in [9.17, 15) is 4.79 Å². The smallest absolute Gasteiger partial charge is 0.253 e. The first-order valence-corrected chi connectivity index (χ1v) is 9.88. The van der Waals surface area contributed by atoms with Crippen molar-refractivity contribution in [3.05, 3.63) is 34.1 Å². The van der Waals surface area contributed by atoms with Crippen LogP contribution in [-0.2, 0) is 11.3 Å². The fourth-order valence-electron chi connectivity index (χ4n) is 3.42. The zero-order valence-corrected chi connectivity index (χ0v) is 17.4. The summed E-state index contributed by atoms with van der Waals surface area (Å²) in [5, 5.41) is 4.69. The van der Waals surface area contributed by atoms with Gasteiger partial charge in [0.05, 0.1) is 32.4 Å². The molecule has 0 saturated carbocycles. The van der Waals surface area contributed by atoms with Gasteiger partial charge in [0.2, 0.25) is 0 Å². The first kappa shape index (κ1) is 20.4. The molecule has 0 amide bonds. The van der Waals surface area contributed by atoms with E-state index in [1.165, 1.54) is 0 Å². The monoisotopic (exact) mass is 405 g/mol. The van der Waals surface area contributed by atoms with E-state index < -0.39 is 0 Å². The molecule has 0 unspecified atom stereocenters. The number of hydrogen-bond donors (Lipinski definition) is 2. The van der Waals surface area contributed by atoms with Crippen molar-refractivity contribution >= 4 is 28.2 Å². The average molecular weight is 406 g/mol. The summed E-state index contributed by atoms with van der Waals surface area (Å²) in [4.78, 5) is 17.6. The summed E-state index contributed by atoms with van der Waals surface area (Å²) in [5.74, 6) is 1.19. The van der Waals surface area contributed by atoms with Gasteiger partial charge < -0.3 is 29.4 Å². The van der Waals surface area contributed by atoms with Crippen LogP contribution in [0.1, 0.15) is 25.3 Å². The topological polar surface area (TPSA) is 75.8 Å². The molecule has 0 aliphatic carbocycles. The molecule has 1 fully saturated rings. The van der Waals surface area contributed by atoms with Crippen LogP contribution >= 0.6 is 12.2 Å². The second-order valence-corrected chi connectivity index (χ2v) is 7.16. The number of fused-ring (bicyclic) bond motifs is 1. The zero-order chi connectivity index (χ0) is 20.1. The maximum Gasteiger partial charge on any atom is 0.253 e. The molecule has 1 aromatic carbocycles. The molecule has 2 aromatic rings. The minimum Gasteiger partial charge on any atom is -0.493 e. The molecule has 152 valence electrons. The molecule has 2 heterocycles. The maximum absolute atomic E-state index is 12.7. The van der Waals surface area contributed by atoms with Gasteiger partial charge in [-0.2, -0.15) is 0 Å². The van der Waals surface area contributed by atoms with Crippen molar-refractivity contribution in [2.45, 2.75) is 32.4 Å². The summed E-state index contributed by atoms with van der Waals surface area (Å²) in [6.45, 7) is 4.58. The van der Waals surface area contributed by atoms with Crippen molar-refractivity contribution < 1.29 is 14.2 Å². The second kappa shape index (κ2) is 9.25. The van der Waals surface area contributed by atoms with Crippen LogP contribution in [-0.4, -0.2) is 55.0 Å². The Bertz CT molecular complexity index is 893. The Balaban J connectivity index is 1.91. The number of hydrogen-bond acceptors (Lipinski definition) is 5. The first-order chi connectivity index (χ1) is 13.5. The average Bonchev–Trinajstić information content (AvgIpc) is 3.20. The van der Waals surface area contributed by atoms with Crippen LogP contribution in [0.4, 0.5) is 0 Å². The van der Waals surface area contributed by atoms with Crippen LogP contribution in [0.15, 0.2) is 23.0 Å². The predicted molar refractivity (Wildman–Crippen MR) is 113 cm³/mol. The molecule has 1 aromatic heterocycles. The van der Waals surface area contributed by atoms with Gasteiger partial charge in [0.1, 0.15) is 0 Å². The summed E-state index contributed by atoms with van der Waals surface area (Å²) < 4.78 is 16.5. The van der Waals surface area contributed by atoms with Gasteiger partial charge in [-0.25, -0.2) is 0 Å². The van der Waals surface area contributed by atoms with Crippen LogP contribution in [0, 0.1) is 0 Å². The van der Waals surface area contributed by atoms with Crippen LogP contribution in [0.5, 0.6) is 11.5 Å². The Labute approximate surface area is 170 Å². The van der Waals surface area contributed by atoms with E-state index >= 15 is 0 Å². The lowest BCUT2D eigenvalue weighted by molar-refractivity contribution is 0.0897. The molecular formula is C20H27N3O4S. The van der Waals surface area contributed by atoms with E-state index in [2.05, 4.69) is 10.3 Å². The van der Waals surface area contributed by atoms with Crippen molar-refractivity contribution in [2.75, 3.05) is 33.9 Å². The van der Waals surface area contributed by atoms with E-state index in [-0.39, 0.29) is 11.7 Å². The van der Waals surface area contributed by atoms with Crippen molar-refractivity contribution in [1.29, 1.82) is 0 Å². The van der Waals surface area contributed by atoms with Crippen molar-refractivity contribution in [2.24, 2.45) is 0 Å². The molecule has 1 atom stereocenters. The van der Waals surface area contributed by atoms with Gasteiger partial charge in [-0.1, -0.05) is 0 Å². The molecule has 1 aliphatic rings. The molecule has 8 heteroatoms. The molecule has 1 saturated heterocycles. The van der Waals surface area contributed by atoms with Crippen molar-refractivity contribution in [3.63, 3.8) is 0 Å². The van der Waals surface area contributed by atoms with Gasteiger partial charge in [0.25, 0.3) is 5.56 Å². The third kappa shape index (κ3) is 4.56. The molecule has 0 radical (unpaired) electrons. The maximum atomic E-state index is 12.7. The lowest BCUT2D eigenvalue weighted by Gasteiger charge is -2.28. The van der Waals surface area contributed by atoms with E-state index in [4.69, 9.17) is 26.4 Å². The number of nitrogens with zero attached hydrogens (tertiary/aromatic N) is 1. The number of ether oxygens (including phenoxy) is 3. The second-order valence-electron chi connectivity index (χ2n) is 6.77. The predicted octanol–water partition coefficient (Wildman–Crippen LogP) is 2.42. The lowest BCUT2D eigenvalue weighted by atomic mass is 10.1. The highest BCUT2D eigenvalue weighted by Gasteiger charge is 2.22. The quantitative estimate of drug-likeness (QED) is 0.685. The molecular weight excluding hydrogens is 378 g/mol. The highest BCUT2D eigenvalue weighted by Crippen LogP contribution is 2.31. The number of methoxy groups -OCH3 is 2. The van der Waals surface area contributed by atoms with E-state index in [0.717, 1.165) is 31.4 Å². The van der Waals surface area contributed by atoms with E-state index in [1.54, 1.807) is 20.3 Å². The van der Waals surface area contributed by atoms with E-state index in [1.807, 2.05) is 24.0 Å². The minimum absolute atomic E-state index is 0.139. The highest BCUT2D eigenvalue weighted by atomic mass is 32.1. The Kier molecular flexibility index (Phi) is 6.74. The van der Waals surface area contributed by atoms with E-state index in [0.29, 0.717) is 40.8 Å². The van der Waals surface area contributed by atoms with Gasteiger partial charge in [0.15, 0.2) is 16.6 Å². The molecule has 0 bridgehead atoms. The summed E-state index contributed by atoms with van der Waals surface area (Å²) in [5.41, 5.74) is 1.20. The summed E-state index contributed by atoms with van der Waals surface area (Å²) in [6, 6.07) is 5.51. The van der Waals surface area contributed by atoms with Crippen molar-refractivity contribution in [3.8, 4) is 11.5 Å². The number of nitrogens with one attached hydrogen (secondary N) is 2. The number of aromatic amines is 1. The Morgan fingerprint density at radius 3 is 2.71 bits per heavy atom. The lowest BCUT2D eigenvalue weighted by Crippen LogP contribution is -2.43. The van der Waals surface area contributed by atoms with Crippen LogP contribution in [0.25, 0.3) is 10.9 Å². The summed E-state index contributed by atoms with van der Waals surface area (Å²) in [7, 11) is 3.16. The number of rotatable bonds is 7. The first-order valence-electron chi connectivity index (χ1n) is 9.48. The summed E-state index contributed by atoms with van der Waals surface area (Å²) >= 11 is 5.53. The molecule has 1 aliphatic heterocycles. The van der Waals surface area contributed by atoms with Gasteiger partial charge in [0, 0.05) is 36.7 Å². The fraction of sp³-hybridized carbons (Fsp3) is 0.500. The SMILES string of the molecule is CCNC(=S)N(Cc1cc2cc(OC)c(OC)cc2[nH]c1=O)C[C@@H]1CCCO1. The fourth-order valence-corrected chi connectivity index (χ4v) is 3.70. The van der Waals surface area contributed by atoms with Crippen molar-refractivity contribution in [1.82, 2.24) is 15.2 Å². The Morgan fingerprint density at radius 1 is 1.32 bits per heavy atom. The Hall–Kier alpha value is -2.32. The molecule has 3 rings (SSSR count). The van der Waals surface area contributed by atoms with Crippen LogP contribution < -0.4 is 20.3 Å². The zero-order valence-electron chi connectivity index (χ0n) is 16.5.